The van der Waals surface area contributed by atoms with E-state index in [9.17, 15) is 24.0 Å². The summed E-state index contributed by atoms with van der Waals surface area (Å²) in [5.74, 6) is -4.34. The first-order chi connectivity index (χ1) is 19.9. The standard InChI is InChI=1S/C30H30O11/c1-36-13-14-39-28(33)19-15-21-25(23(16-19)41-30(35)18-7-11-38-12-8-18)27(32)24-20(26(21)31)3-2-4-22(24)40-29(34)17-5-9-37-10-6-17/h2-4,15-18H,5-14H2,1H3. The summed E-state index contributed by atoms with van der Waals surface area (Å²) in [6.45, 7) is 1.74. The maximum absolute atomic E-state index is 14.0. The van der Waals surface area contributed by atoms with Gasteiger partial charge in [0.2, 0.25) is 5.78 Å². The molecule has 0 saturated carbocycles. The molecular weight excluding hydrogens is 536 g/mol. The topological polar surface area (TPSA) is 141 Å². The van der Waals surface area contributed by atoms with Crippen molar-refractivity contribution in [1.82, 2.24) is 0 Å². The van der Waals surface area contributed by atoms with Crippen molar-refractivity contribution >= 4 is 29.5 Å². The van der Waals surface area contributed by atoms with Gasteiger partial charge in [-0.3, -0.25) is 19.2 Å². The Morgan fingerprint density at radius 2 is 1.34 bits per heavy atom. The van der Waals surface area contributed by atoms with Gasteiger partial charge >= 0.3 is 17.9 Å². The minimum absolute atomic E-state index is 0.00591. The van der Waals surface area contributed by atoms with Crippen molar-refractivity contribution < 1.29 is 52.4 Å². The van der Waals surface area contributed by atoms with Gasteiger partial charge in [0.1, 0.15) is 18.1 Å². The Kier molecular flexibility index (Phi) is 8.87. The largest absolute Gasteiger partial charge is 0.460 e. The van der Waals surface area contributed by atoms with E-state index in [1.807, 2.05) is 0 Å². The second kappa shape index (κ2) is 12.7. The van der Waals surface area contributed by atoms with E-state index >= 15 is 0 Å². The van der Waals surface area contributed by atoms with Crippen LogP contribution in [0.1, 0.15) is 67.9 Å². The molecule has 0 radical (unpaired) electrons. The number of methoxy groups -OCH3 is 1. The number of carbonyl (C=O) groups is 5. The number of carbonyl (C=O) groups excluding carboxylic acids is 5. The van der Waals surface area contributed by atoms with Crippen molar-refractivity contribution in [1.29, 1.82) is 0 Å². The molecule has 41 heavy (non-hydrogen) atoms. The molecule has 0 N–H and O–H groups in total. The molecule has 2 heterocycles. The lowest BCUT2D eigenvalue weighted by Crippen LogP contribution is -2.30. The molecule has 216 valence electrons. The van der Waals surface area contributed by atoms with Crippen molar-refractivity contribution in [3.8, 4) is 11.5 Å². The quantitative estimate of drug-likeness (QED) is 0.226. The Morgan fingerprint density at radius 3 is 1.95 bits per heavy atom. The van der Waals surface area contributed by atoms with E-state index in [1.54, 1.807) is 0 Å². The van der Waals surface area contributed by atoms with Crippen LogP contribution in [0.25, 0.3) is 0 Å². The van der Waals surface area contributed by atoms with E-state index in [4.69, 9.17) is 28.4 Å². The van der Waals surface area contributed by atoms with Crippen molar-refractivity contribution in [2.24, 2.45) is 11.8 Å². The third-order valence-electron chi connectivity index (χ3n) is 7.36. The van der Waals surface area contributed by atoms with Crippen LogP contribution >= 0.6 is 0 Å². The molecule has 0 aromatic heterocycles. The number of hydrogen-bond donors (Lipinski definition) is 0. The number of fused-ring (bicyclic) bond motifs is 2. The van der Waals surface area contributed by atoms with E-state index in [1.165, 1.54) is 37.4 Å². The molecule has 0 amide bonds. The Morgan fingerprint density at radius 1 is 0.756 bits per heavy atom. The van der Waals surface area contributed by atoms with Crippen LogP contribution in [0.3, 0.4) is 0 Å². The third kappa shape index (κ3) is 6.07. The molecule has 2 saturated heterocycles. The normalized spacial score (nSPS) is 17.4. The molecule has 0 spiro atoms. The zero-order chi connectivity index (χ0) is 28.9. The molecule has 0 atom stereocenters. The second-order valence-electron chi connectivity index (χ2n) is 9.98. The average Bonchev–Trinajstić information content (AvgIpc) is 3.00. The highest BCUT2D eigenvalue weighted by Crippen LogP contribution is 2.39. The van der Waals surface area contributed by atoms with E-state index in [0.717, 1.165) is 0 Å². The minimum atomic E-state index is -0.779. The molecule has 0 unspecified atom stereocenters. The molecule has 2 aliphatic heterocycles. The summed E-state index contributed by atoms with van der Waals surface area (Å²) in [7, 11) is 1.46. The van der Waals surface area contributed by atoms with E-state index < -0.39 is 41.3 Å². The van der Waals surface area contributed by atoms with Gasteiger partial charge in [-0.2, -0.15) is 0 Å². The first-order valence-corrected chi connectivity index (χ1v) is 13.5. The van der Waals surface area contributed by atoms with Gasteiger partial charge in [-0.25, -0.2) is 4.79 Å². The van der Waals surface area contributed by atoms with Crippen LogP contribution in [-0.2, 0) is 28.5 Å². The zero-order valence-corrected chi connectivity index (χ0v) is 22.6. The highest BCUT2D eigenvalue weighted by molar-refractivity contribution is 6.30. The van der Waals surface area contributed by atoms with Gasteiger partial charge in [0, 0.05) is 44.7 Å². The van der Waals surface area contributed by atoms with Gasteiger partial charge in [0.05, 0.1) is 35.1 Å². The summed E-state index contributed by atoms with van der Waals surface area (Å²) in [6, 6.07) is 6.87. The predicted molar refractivity (Wildman–Crippen MR) is 140 cm³/mol. The van der Waals surface area contributed by atoms with Crippen LogP contribution in [0.2, 0.25) is 0 Å². The van der Waals surface area contributed by atoms with Gasteiger partial charge in [0.15, 0.2) is 5.78 Å². The smallest absolute Gasteiger partial charge is 0.338 e. The monoisotopic (exact) mass is 566 g/mol. The number of benzene rings is 2. The fraction of sp³-hybridized carbons (Fsp3) is 0.433. The van der Waals surface area contributed by atoms with Crippen LogP contribution < -0.4 is 9.47 Å². The summed E-state index contributed by atoms with van der Waals surface area (Å²) in [5.41, 5.74) is -0.478. The predicted octanol–water partition coefficient (Wildman–Crippen LogP) is 2.93. The van der Waals surface area contributed by atoms with Gasteiger partial charge in [-0.1, -0.05) is 12.1 Å². The van der Waals surface area contributed by atoms with Crippen LogP contribution in [0.15, 0.2) is 30.3 Å². The van der Waals surface area contributed by atoms with Gasteiger partial charge in [0.25, 0.3) is 0 Å². The van der Waals surface area contributed by atoms with Crippen molar-refractivity contribution in [2.75, 3.05) is 46.8 Å². The minimum Gasteiger partial charge on any atom is -0.460 e. The molecule has 11 nitrogen and oxygen atoms in total. The van der Waals surface area contributed by atoms with Crippen LogP contribution in [0.4, 0.5) is 0 Å². The number of rotatable bonds is 8. The first kappa shape index (κ1) is 28.6. The molecule has 2 aromatic carbocycles. The molecular formula is C30H30O11. The van der Waals surface area contributed by atoms with Crippen molar-refractivity contribution in [3.05, 3.63) is 58.1 Å². The maximum Gasteiger partial charge on any atom is 0.338 e. The van der Waals surface area contributed by atoms with Crippen molar-refractivity contribution in [2.45, 2.75) is 25.7 Å². The Hall–Kier alpha value is -3.93. The van der Waals surface area contributed by atoms with E-state index in [-0.39, 0.29) is 52.5 Å². The Balaban J connectivity index is 1.53. The van der Waals surface area contributed by atoms with Crippen molar-refractivity contribution in [3.63, 3.8) is 0 Å². The number of esters is 3. The SMILES string of the molecule is COCCOC(=O)c1cc(OC(=O)C2CCOCC2)c2c(c1)C(=O)c1cccc(OC(=O)C3CCOCC3)c1C2=O. The zero-order valence-electron chi connectivity index (χ0n) is 22.6. The van der Waals surface area contributed by atoms with Gasteiger partial charge in [-0.15, -0.1) is 0 Å². The molecule has 2 fully saturated rings. The fourth-order valence-electron chi connectivity index (χ4n) is 5.09. The van der Waals surface area contributed by atoms with E-state index in [0.29, 0.717) is 52.1 Å². The number of hydrogen-bond acceptors (Lipinski definition) is 11. The summed E-state index contributed by atoms with van der Waals surface area (Å²) in [6.07, 6.45) is 1.84. The summed E-state index contributed by atoms with van der Waals surface area (Å²) >= 11 is 0. The van der Waals surface area contributed by atoms with E-state index in [2.05, 4.69) is 0 Å². The molecule has 3 aliphatic rings. The summed E-state index contributed by atoms with van der Waals surface area (Å²) in [4.78, 5) is 66.5. The Bertz CT molecular complexity index is 1370. The van der Waals surface area contributed by atoms with Crippen LogP contribution in [0.5, 0.6) is 11.5 Å². The third-order valence-corrected chi connectivity index (χ3v) is 7.36. The molecule has 1 aliphatic carbocycles. The first-order valence-electron chi connectivity index (χ1n) is 13.5. The fourth-order valence-corrected chi connectivity index (χ4v) is 5.09. The molecule has 5 rings (SSSR count). The lowest BCUT2D eigenvalue weighted by Gasteiger charge is -2.25. The lowest BCUT2D eigenvalue weighted by molar-refractivity contribution is -0.142. The van der Waals surface area contributed by atoms with Crippen LogP contribution in [-0.4, -0.2) is 76.2 Å². The highest BCUT2D eigenvalue weighted by atomic mass is 16.6. The highest BCUT2D eigenvalue weighted by Gasteiger charge is 2.38. The lowest BCUT2D eigenvalue weighted by atomic mass is 9.82. The van der Waals surface area contributed by atoms with Gasteiger partial charge < -0.3 is 28.4 Å². The maximum atomic E-state index is 14.0. The van der Waals surface area contributed by atoms with Crippen LogP contribution in [0, 0.1) is 11.8 Å². The summed E-state index contributed by atoms with van der Waals surface area (Å²) in [5, 5.41) is 0. The Labute approximate surface area is 236 Å². The number of ketones is 2. The number of ether oxygens (including phenoxy) is 6. The van der Waals surface area contributed by atoms with Gasteiger partial charge in [-0.05, 0) is 43.9 Å². The molecule has 2 aromatic rings. The molecule has 11 heteroatoms. The summed E-state index contributed by atoms with van der Waals surface area (Å²) < 4.78 is 32.1. The average molecular weight is 567 g/mol. The molecule has 0 bridgehead atoms. The second-order valence-corrected chi connectivity index (χ2v) is 9.98.